The summed E-state index contributed by atoms with van der Waals surface area (Å²) in [7, 11) is 1.57. The summed E-state index contributed by atoms with van der Waals surface area (Å²) < 4.78 is 5.18. The summed E-state index contributed by atoms with van der Waals surface area (Å²) in [5.74, 6) is 0.491. The number of carbonyl (C=O) groups excluding carboxylic acids is 1. The smallest absolute Gasteiger partial charge is 0.212 e. The lowest BCUT2D eigenvalue weighted by Gasteiger charge is -2.07. The van der Waals surface area contributed by atoms with E-state index in [0.29, 0.717) is 22.0 Å². The lowest BCUT2D eigenvalue weighted by molar-refractivity contribution is 0.103. The molecule has 4 nitrogen and oxygen atoms in total. The molecule has 3 rings (SSSR count). The summed E-state index contributed by atoms with van der Waals surface area (Å²) >= 11 is 6.25. The summed E-state index contributed by atoms with van der Waals surface area (Å²) in [6.07, 6.45) is 3.06. The number of methoxy groups -OCH3 is 1. The van der Waals surface area contributed by atoms with Gasteiger partial charge in [-0.25, -0.2) is 4.98 Å². The number of nitrogens with one attached hydrogen (secondary N) is 1. The molecule has 0 aliphatic heterocycles. The fraction of sp³-hybridized carbons (Fsp3) is 0.0667. The molecule has 100 valence electrons. The molecule has 1 heterocycles. The number of imidazole rings is 1. The molecule has 0 radical (unpaired) electrons. The van der Waals surface area contributed by atoms with Gasteiger partial charge in [0.25, 0.3) is 0 Å². The summed E-state index contributed by atoms with van der Waals surface area (Å²) in [5, 5.41) is 2.28. The summed E-state index contributed by atoms with van der Waals surface area (Å²) in [5.41, 5.74) is 0.967. The number of aromatic nitrogens is 2. The third-order valence-electron chi connectivity index (χ3n) is 3.13. The number of fused-ring (bicyclic) bond motifs is 1. The van der Waals surface area contributed by atoms with Gasteiger partial charge >= 0.3 is 0 Å². The summed E-state index contributed by atoms with van der Waals surface area (Å²) in [4.78, 5) is 19.0. The van der Waals surface area contributed by atoms with E-state index in [9.17, 15) is 4.79 Å². The van der Waals surface area contributed by atoms with Crippen molar-refractivity contribution in [3.8, 4) is 5.75 Å². The molecule has 0 saturated heterocycles. The van der Waals surface area contributed by atoms with Crippen LogP contribution in [0, 0.1) is 0 Å². The number of H-pyrrole nitrogens is 1. The number of carbonyl (C=O) groups is 1. The number of hydrogen-bond acceptors (Lipinski definition) is 3. The predicted octanol–water partition coefficient (Wildman–Crippen LogP) is 3.46. The van der Waals surface area contributed by atoms with E-state index in [2.05, 4.69) is 9.97 Å². The summed E-state index contributed by atoms with van der Waals surface area (Å²) in [6.45, 7) is 0. The van der Waals surface area contributed by atoms with E-state index in [1.165, 1.54) is 6.33 Å². The number of nitrogens with zero attached hydrogens (tertiary/aromatic N) is 1. The molecule has 0 amide bonds. The predicted molar refractivity (Wildman–Crippen MR) is 77.5 cm³/mol. The Bertz CT molecular complexity index is 782. The molecule has 0 unspecified atom stereocenters. The molecule has 3 aromatic rings. The Balaban J connectivity index is 2.10. The van der Waals surface area contributed by atoms with Crippen molar-refractivity contribution < 1.29 is 9.53 Å². The number of ketones is 1. The van der Waals surface area contributed by atoms with Crippen molar-refractivity contribution in [3.05, 3.63) is 59.1 Å². The fourth-order valence-corrected chi connectivity index (χ4v) is 2.42. The largest absolute Gasteiger partial charge is 0.495 e. The second-order valence-electron chi connectivity index (χ2n) is 4.30. The monoisotopic (exact) mass is 286 g/mol. The highest BCUT2D eigenvalue weighted by Gasteiger charge is 2.13. The highest BCUT2D eigenvalue weighted by Crippen LogP contribution is 2.33. The standard InChI is InChI=1S/C15H11ClN2O2/c1-20-13-5-3-9-6-10(2-4-11(9)14(13)16)15(19)12-7-17-8-18-12/h2-8H,1H3,(H,17,18). The molecule has 0 aliphatic rings. The normalized spacial score (nSPS) is 10.7. The minimum Gasteiger partial charge on any atom is -0.495 e. The second kappa shape index (κ2) is 4.98. The third kappa shape index (κ3) is 2.04. The van der Waals surface area contributed by atoms with Crippen molar-refractivity contribution in [1.82, 2.24) is 9.97 Å². The van der Waals surface area contributed by atoms with Crippen LogP contribution in [0.4, 0.5) is 0 Å². The van der Waals surface area contributed by atoms with Crippen LogP contribution in [0.1, 0.15) is 16.1 Å². The molecule has 0 aliphatic carbocycles. The lowest BCUT2D eigenvalue weighted by atomic mass is 10.0. The van der Waals surface area contributed by atoms with Crippen molar-refractivity contribution in [2.24, 2.45) is 0 Å². The molecular formula is C15H11ClN2O2. The van der Waals surface area contributed by atoms with Crippen LogP contribution in [0.5, 0.6) is 5.75 Å². The van der Waals surface area contributed by atoms with Crippen LogP contribution in [-0.4, -0.2) is 22.9 Å². The minimum absolute atomic E-state index is 0.125. The van der Waals surface area contributed by atoms with Crippen LogP contribution in [0.15, 0.2) is 42.9 Å². The van der Waals surface area contributed by atoms with Crippen LogP contribution in [0.25, 0.3) is 10.8 Å². The average molecular weight is 287 g/mol. The molecule has 0 bridgehead atoms. The third-order valence-corrected chi connectivity index (χ3v) is 3.52. The molecule has 0 fully saturated rings. The first-order valence-electron chi connectivity index (χ1n) is 6.00. The zero-order chi connectivity index (χ0) is 14.1. The first kappa shape index (κ1) is 12.7. The Morgan fingerprint density at radius 1 is 1.30 bits per heavy atom. The Morgan fingerprint density at radius 2 is 2.15 bits per heavy atom. The van der Waals surface area contributed by atoms with Gasteiger partial charge in [0.15, 0.2) is 0 Å². The Morgan fingerprint density at radius 3 is 2.85 bits per heavy atom. The van der Waals surface area contributed by atoms with E-state index >= 15 is 0 Å². The van der Waals surface area contributed by atoms with Crippen molar-refractivity contribution >= 4 is 28.2 Å². The molecule has 1 N–H and O–H groups in total. The molecule has 1 aromatic heterocycles. The van der Waals surface area contributed by atoms with E-state index in [0.717, 1.165) is 10.8 Å². The minimum atomic E-state index is -0.125. The first-order chi connectivity index (χ1) is 9.70. The van der Waals surface area contributed by atoms with Crippen LogP contribution in [0.3, 0.4) is 0 Å². The molecule has 0 atom stereocenters. The molecule has 5 heteroatoms. The van der Waals surface area contributed by atoms with Gasteiger partial charge < -0.3 is 9.72 Å². The lowest BCUT2D eigenvalue weighted by Crippen LogP contribution is -2.01. The van der Waals surface area contributed by atoms with Gasteiger partial charge in [0.05, 0.1) is 18.5 Å². The van der Waals surface area contributed by atoms with E-state index in [1.807, 2.05) is 12.1 Å². The average Bonchev–Trinajstić information content (AvgIpc) is 3.01. The van der Waals surface area contributed by atoms with Crippen molar-refractivity contribution in [1.29, 1.82) is 0 Å². The van der Waals surface area contributed by atoms with Gasteiger partial charge in [0, 0.05) is 17.1 Å². The maximum absolute atomic E-state index is 12.2. The van der Waals surface area contributed by atoms with Gasteiger partial charge in [-0.2, -0.15) is 0 Å². The van der Waals surface area contributed by atoms with Crippen LogP contribution < -0.4 is 4.74 Å². The highest BCUT2D eigenvalue weighted by atomic mass is 35.5. The van der Waals surface area contributed by atoms with Gasteiger partial charge in [0.1, 0.15) is 11.4 Å². The highest BCUT2D eigenvalue weighted by molar-refractivity contribution is 6.37. The number of benzene rings is 2. The number of ether oxygens (including phenoxy) is 1. The van der Waals surface area contributed by atoms with Gasteiger partial charge in [0.2, 0.25) is 5.78 Å². The maximum Gasteiger partial charge on any atom is 0.212 e. The number of hydrogen-bond donors (Lipinski definition) is 1. The Hall–Kier alpha value is -2.33. The van der Waals surface area contributed by atoms with E-state index < -0.39 is 0 Å². The fourth-order valence-electron chi connectivity index (χ4n) is 2.10. The van der Waals surface area contributed by atoms with Crippen LogP contribution in [0.2, 0.25) is 5.02 Å². The number of halogens is 1. The van der Waals surface area contributed by atoms with Crippen molar-refractivity contribution in [2.45, 2.75) is 0 Å². The van der Waals surface area contributed by atoms with E-state index in [-0.39, 0.29) is 5.78 Å². The zero-order valence-electron chi connectivity index (χ0n) is 10.7. The van der Waals surface area contributed by atoms with Crippen molar-refractivity contribution in [3.63, 3.8) is 0 Å². The van der Waals surface area contributed by atoms with E-state index in [4.69, 9.17) is 16.3 Å². The molecule has 0 saturated carbocycles. The molecule has 20 heavy (non-hydrogen) atoms. The van der Waals surface area contributed by atoms with Crippen molar-refractivity contribution in [2.75, 3.05) is 7.11 Å². The second-order valence-corrected chi connectivity index (χ2v) is 4.68. The molecular weight excluding hydrogens is 276 g/mol. The van der Waals surface area contributed by atoms with Crippen LogP contribution >= 0.6 is 11.6 Å². The van der Waals surface area contributed by atoms with Gasteiger partial charge in [-0.05, 0) is 17.5 Å². The number of aromatic amines is 1. The van der Waals surface area contributed by atoms with E-state index in [1.54, 1.807) is 31.5 Å². The summed E-state index contributed by atoms with van der Waals surface area (Å²) in [6, 6.07) is 9.03. The molecule has 0 spiro atoms. The quantitative estimate of drug-likeness (QED) is 0.750. The maximum atomic E-state index is 12.2. The van der Waals surface area contributed by atoms with Gasteiger partial charge in [-0.3, -0.25) is 4.79 Å². The van der Waals surface area contributed by atoms with Gasteiger partial charge in [-0.15, -0.1) is 0 Å². The van der Waals surface area contributed by atoms with Gasteiger partial charge in [-0.1, -0.05) is 29.8 Å². The van der Waals surface area contributed by atoms with Crippen LogP contribution in [-0.2, 0) is 0 Å². The number of rotatable bonds is 3. The topological polar surface area (TPSA) is 55.0 Å². The zero-order valence-corrected chi connectivity index (χ0v) is 11.4. The molecule has 2 aromatic carbocycles. The Labute approximate surface area is 120 Å². The Kier molecular flexibility index (Phi) is 3.16. The SMILES string of the molecule is COc1ccc2cc(C(=O)c3c[nH]cn3)ccc2c1Cl. The first-order valence-corrected chi connectivity index (χ1v) is 6.38.